The topological polar surface area (TPSA) is 18.5 Å². The highest BCUT2D eigenvalue weighted by Crippen LogP contribution is 1.99. The summed E-state index contributed by atoms with van der Waals surface area (Å²) in [6, 6.07) is 0. The van der Waals surface area contributed by atoms with Crippen molar-refractivity contribution in [3.63, 3.8) is 0 Å². The second kappa shape index (κ2) is 12.1. The molecule has 0 spiro atoms. The molecule has 0 saturated heterocycles. The summed E-state index contributed by atoms with van der Waals surface area (Å²) in [6.07, 6.45) is 7.50. The smallest absolute Gasteiger partial charge is 0.145 e. The van der Waals surface area contributed by atoms with E-state index in [2.05, 4.69) is 6.92 Å². The second-order valence-electron chi connectivity index (χ2n) is 3.37. The lowest BCUT2D eigenvalue weighted by molar-refractivity contribution is 0.123. The van der Waals surface area contributed by atoms with Gasteiger partial charge < -0.3 is 9.16 Å². The van der Waals surface area contributed by atoms with Crippen LogP contribution in [0.5, 0.6) is 0 Å². The highest BCUT2D eigenvalue weighted by Gasteiger charge is 1.90. The summed E-state index contributed by atoms with van der Waals surface area (Å²) in [4.78, 5) is 0. The summed E-state index contributed by atoms with van der Waals surface area (Å²) in [7, 11) is 0.869. The van der Waals surface area contributed by atoms with Crippen molar-refractivity contribution in [1.82, 2.24) is 0 Å². The Balaban J connectivity index is 2.76. The molecule has 0 fully saturated rings. The molecule has 0 aromatic carbocycles. The van der Waals surface area contributed by atoms with E-state index in [4.69, 9.17) is 9.16 Å². The first kappa shape index (κ1) is 13.1. The average Bonchev–Trinajstić information content (AvgIpc) is 2.16. The van der Waals surface area contributed by atoms with Gasteiger partial charge in [0.15, 0.2) is 0 Å². The number of rotatable bonds is 10. The molecule has 0 aliphatic carbocycles. The van der Waals surface area contributed by atoms with Crippen LogP contribution in [0, 0.1) is 0 Å². The minimum Gasteiger partial charge on any atom is -0.428 e. The van der Waals surface area contributed by atoms with Crippen LogP contribution in [0.3, 0.4) is 0 Å². The molecule has 3 heteroatoms. The Hall–Kier alpha value is 0.137. The zero-order valence-corrected chi connectivity index (χ0v) is 11.2. The van der Waals surface area contributed by atoms with Crippen LogP contribution in [0.1, 0.15) is 45.4 Å². The fraction of sp³-hybridized carbons (Fsp3) is 1.00. The summed E-state index contributed by atoms with van der Waals surface area (Å²) >= 11 is 0. The van der Waals surface area contributed by atoms with Crippen molar-refractivity contribution in [3.8, 4) is 0 Å². The van der Waals surface area contributed by atoms with E-state index in [9.17, 15) is 0 Å². The van der Waals surface area contributed by atoms with Gasteiger partial charge in [-0.05, 0) is 19.3 Å². The molecule has 0 aromatic heterocycles. The van der Waals surface area contributed by atoms with Gasteiger partial charge in [0.25, 0.3) is 0 Å². The van der Waals surface area contributed by atoms with Gasteiger partial charge in [0.1, 0.15) is 10.5 Å². The number of ether oxygens (including phenoxy) is 1. The van der Waals surface area contributed by atoms with E-state index in [0.717, 1.165) is 43.1 Å². The minimum absolute atomic E-state index is 0.869. The van der Waals surface area contributed by atoms with E-state index in [0.29, 0.717) is 0 Å². The Morgan fingerprint density at radius 2 is 1.46 bits per heavy atom. The number of hydrogen-bond acceptors (Lipinski definition) is 2. The maximum Gasteiger partial charge on any atom is 0.145 e. The molecule has 2 nitrogen and oxygen atoms in total. The molecule has 13 heavy (non-hydrogen) atoms. The standard InChI is InChI=1S/C10H24O2Si/c1-2-3-4-5-8-11-9-6-7-10-12-13/h2-10H2,1,13H3. The Labute approximate surface area is 85.5 Å². The summed E-state index contributed by atoms with van der Waals surface area (Å²) in [5, 5.41) is 0. The molecule has 0 rings (SSSR count). The Kier molecular flexibility index (Phi) is 12.3. The van der Waals surface area contributed by atoms with Crippen molar-refractivity contribution in [2.75, 3.05) is 19.8 Å². The van der Waals surface area contributed by atoms with Gasteiger partial charge >= 0.3 is 0 Å². The van der Waals surface area contributed by atoms with Crippen LogP contribution >= 0.6 is 0 Å². The Morgan fingerprint density at radius 1 is 0.846 bits per heavy atom. The summed E-state index contributed by atoms with van der Waals surface area (Å²) in [6.45, 7) is 5.01. The molecule has 0 aliphatic rings. The van der Waals surface area contributed by atoms with Gasteiger partial charge in [-0.25, -0.2) is 0 Å². The van der Waals surface area contributed by atoms with Crippen LogP contribution in [-0.4, -0.2) is 30.3 Å². The maximum absolute atomic E-state index is 5.48. The maximum atomic E-state index is 5.48. The SMILES string of the molecule is CCCCCCOCCCCO[SiH3]. The Morgan fingerprint density at radius 3 is 2.08 bits per heavy atom. The normalized spacial score (nSPS) is 10.8. The third-order valence-electron chi connectivity index (χ3n) is 2.03. The van der Waals surface area contributed by atoms with Crippen LogP contribution in [0.2, 0.25) is 0 Å². The predicted octanol–water partition coefficient (Wildman–Crippen LogP) is 1.66. The molecule has 0 aromatic rings. The fourth-order valence-corrected chi connectivity index (χ4v) is 1.47. The van der Waals surface area contributed by atoms with E-state index in [1.165, 1.54) is 25.7 Å². The highest BCUT2D eigenvalue weighted by molar-refractivity contribution is 5.97. The summed E-state index contributed by atoms with van der Waals surface area (Å²) in [5.74, 6) is 0. The van der Waals surface area contributed by atoms with Crippen molar-refractivity contribution in [3.05, 3.63) is 0 Å². The number of unbranched alkanes of at least 4 members (excludes halogenated alkanes) is 4. The van der Waals surface area contributed by atoms with E-state index in [-0.39, 0.29) is 0 Å². The monoisotopic (exact) mass is 204 g/mol. The quantitative estimate of drug-likeness (QED) is 0.398. The van der Waals surface area contributed by atoms with Gasteiger partial charge in [-0.2, -0.15) is 0 Å². The van der Waals surface area contributed by atoms with Crippen molar-refractivity contribution < 1.29 is 9.16 Å². The third-order valence-corrected chi connectivity index (χ3v) is 2.44. The summed E-state index contributed by atoms with van der Waals surface area (Å²) in [5.41, 5.74) is 0. The Bertz CT molecular complexity index is 79.0. The summed E-state index contributed by atoms with van der Waals surface area (Å²) < 4.78 is 10.6. The van der Waals surface area contributed by atoms with Gasteiger partial charge in [-0.15, -0.1) is 0 Å². The molecule has 0 saturated carbocycles. The van der Waals surface area contributed by atoms with E-state index in [1.807, 2.05) is 0 Å². The van der Waals surface area contributed by atoms with E-state index in [1.54, 1.807) is 0 Å². The third kappa shape index (κ3) is 12.1. The predicted molar refractivity (Wildman–Crippen MR) is 60.1 cm³/mol. The average molecular weight is 204 g/mol. The highest BCUT2D eigenvalue weighted by atomic mass is 28.2. The van der Waals surface area contributed by atoms with Gasteiger partial charge in [-0.3, -0.25) is 0 Å². The van der Waals surface area contributed by atoms with Gasteiger partial charge in [-0.1, -0.05) is 26.2 Å². The molecular weight excluding hydrogens is 180 g/mol. The van der Waals surface area contributed by atoms with Crippen molar-refractivity contribution in [1.29, 1.82) is 0 Å². The number of hydrogen-bond donors (Lipinski definition) is 0. The zero-order valence-electron chi connectivity index (χ0n) is 9.18. The van der Waals surface area contributed by atoms with Crippen molar-refractivity contribution in [2.45, 2.75) is 45.4 Å². The molecule has 0 aliphatic heterocycles. The molecule has 0 unspecified atom stereocenters. The lowest BCUT2D eigenvalue weighted by Gasteiger charge is -2.03. The largest absolute Gasteiger partial charge is 0.428 e. The van der Waals surface area contributed by atoms with Gasteiger partial charge in [0.05, 0.1) is 0 Å². The van der Waals surface area contributed by atoms with Crippen LogP contribution < -0.4 is 0 Å². The minimum atomic E-state index is 0.869. The molecular formula is C10H24O2Si. The van der Waals surface area contributed by atoms with Crippen LogP contribution in [0.15, 0.2) is 0 Å². The van der Waals surface area contributed by atoms with Crippen molar-refractivity contribution in [2.24, 2.45) is 0 Å². The molecule has 0 radical (unpaired) electrons. The first-order valence-electron chi connectivity index (χ1n) is 5.48. The molecule has 0 amide bonds. The lowest BCUT2D eigenvalue weighted by Crippen LogP contribution is -1.99. The molecule has 0 N–H and O–H groups in total. The first-order valence-corrected chi connectivity index (χ1v) is 6.30. The molecule has 0 atom stereocenters. The van der Waals surface area contributed by atoms with E-state index >= 15 is 0 Å². The van der Waals surface area contributed by atoms with Gasteiger partial charge in [0, 0.05) is 19.8 Å². The van der Waals surface area contributed by atoms with Crippen LogP contribution in [0.25, 0.3) is 0 Å². The zero-order chi connectivity index (χ0) is 9.78. The first-order chi connectivity index (χ1) is 6.41. The van der Waals surface area contributed by atoms with Crippen LogP contribution in [0.4, 0.5) is 0 Å². The molecule has 80 valence electrons. The van der Waals surface area contributed by atoms with Crippen molar-refractivity contribution >= 4 is 10.5 Å². The van der Waals surface area contributed by atoms with Crippen LogP contribution in [-0.2, 0) is 9.16 Å². The van der Waals surface area contributed by atoms with Gasteiger partial charge in [0.2, 0.25) is 0 Å². The second-order valence-corrected chi connectivity index (χ2v) is 3.95. The molecule has 0 heterocycles. The lowest BCUT2D eigenvalue weighted by atomic mass is 10.2. The fourth-order valence-electron chi connectivity index (χ4n) is 1.18. The molecule has 0 bridgehead atoms. The van der Waals surface area contributed by atoms with E-state index < -0.39 is 0 Å².